The van der Waals surface area contributed by atoms with Crippen LogP contribution in [0.1, 0.15) is 12.8 Å². The Balaban J connectivity index is 2.15. The molecule has 2 heterocycles. The van der Waals surface area contributed by atoms with E-state index >= 15 is 0 Å². The highest BCUT2D eigenvalue weighted by Crippen LogP contribution is 2.26. The fourth-order valence-corrected chi connectivity index (χ4v) is 2.72. The maximum atomic E-state index is 9.48. The first-order chi connectivity index (χ1) is 8.78. The molecule has 0 bridgehead atoms. The van der Waals surface area contributed by atoms with E-state index in [4.69, 9.17) is 4.74 Å². The second kappa shape index (κ2) is 6.41. The monoisotopic (exact) mass is 268 g/mol. The third-order valence-electron chi connectivity index (χ3n) is 3.47. The van der Waals surface area contributed by atoms with Crippen LogP contribution in [0.5, 0.6) is 0 Å². The Kier molecular flexibility index (Phi) is 4.86. The molecule has 0 saturated carbocycles. The summed E-state index contributed by atoms with van der Waals surface area (Å²) in [6.45, 7) is 1.00. The Labute approximate surface area is 112 Å². The summed E-state index contributed by atoms with van der Waals surface area (Å²) >= 11 is 1.63. The number of ether oxygens (including phenoxy) is 1. The van der Waals surface area contributed by atoms with Crippen LogP contribution in [0.25, 0.3) is 0 Å². The maximum Gasteiger partial charge on any atom is 0.0958 e. The van der Waals surface area contributed by atoms with Crippen molar-refractivity contribution in [2.24, 2.45) is 0 Å². The predicted molar refractivity (Wildman–Crippen MR) is 74.3 cm³/mol. The molecule has 0 spiro atoms. The number of thioether (sulfide) groups is 1. The van der Waals surface area contributed by atoms with Crippen LogP contribution in [0.15, 0.2) is 23.4 Å². The van der Waals surface area contributed by atoms with Gasteiger partial charge >= 0.3 is 0 Å². The minimum atomic E-state index is 0.179. The third-order valence-corrected chi connectivity index (χ3v) is 4.13. The number of hydrogen-bond acceptors (Lipinski definition) is 5. The van der Waals surface area contributed by atoms with Crippen molar-refractivity contribution < 1.29 is 9.84 Å². The van der Waals surface area contributed by atoms with Crippen LogP contribution in [-0.4, -0.2) is 48.8 Å². The quantitative estimate of drug-likeness (QED) is 0.843. The lowest BCUT2D eigenvalue weighted by atomic mass is 10.00. The summed E-state index contributed by atoms with van der Waals surface area (Å²) in [6.07, 6.45) is 6.11. The molecule has 0 amide bonds. The van der Waals surface area contributed by atoms with Crippen molar-refractivity contribution in [3.63, 3.8) is 0 Å². The molecular formula is C13H20N2O2S. The number of hydrogen-bond donors (Lipinski definition) is 1. The Morgan fingerprint density at radius 1 is 1.50 bits per heavy atom. The first-order valence-electron chi connectivity index (χ1n) is 6.18. The lowest BCUT2D eigenvalue weighted by Crippen LogP contribution is -2.48. The summed E-state index contributed by atoms with van der Waals surface area (Å²) in [5.74, 6) is 0. The number of rotatable bonds is 4. The van der Waals surface area contributed by atoms with Crippen molar-refractivity contribution in [3.8, 4) is 0 Å². The minimum absolute atomic E-state index is 0.179. The van der Waals surface area contributed by atoms with Crippen molar-refractivity contribution in [2.75, 3.05) is 31.4 Å². The molecule has 2 rings (SSSR count). The van der Waals surface area contributed by atoms with Crippen LogP contribution in [-0.2, 0) is 4.74 Å². The van der Waals surface area contributed by atoms with Gasteiger partial charge in [0.1, 0.15) is 0 Å². The molecule has 0 aromatic carbocycles. The second-order valence-corrected chi connectivity index (χ2v) is 5.31. The van der Waals surface area contributed by atoms with Gasteiger partial charge < -0.3 is 14.7 Å². The van der Waals surface area contributed by atoms with Gasteiger partial charge in [-0.25, -0.2) is 4.98 Å². The summed E-state index contributed by atoms with van der Waals surface area (Å²) in [4.78, 5) is 6.59. The lowest BCUT2D eigenvalue weighted by Gasteiger charge is -2.39. The molecule has 0 aliphatic carbocycles. The number of pyridine rings is 1. The molecule has 2 atom stereocenters. The normalized spacial score (nSPS) is 24.3. The molecule has 18 heavy (non-hydrogen) atoms. The topological polar surface area (TPSA) is 45.6 Å². The highest BCUT2D eigenvalue weighted by Gasteiger charge is 2.28. The largest absolute Gasteiger partial charge is 0.394 e. The summed E-state index contributed by atoms with van der Waals surface area (Å²) in [5.41, 5.74) is 1.06. The van der Waals surface area contributed by atoms with Crippen molar-refractivity contribution in [3.05, 3.63) is 18.3 Å². The Morgan fingerprint density at radius 2 is 2.33 bits per heavy atom. The van der Waals surface area contributed by atoms with Crippen LogP contribution < -0.4 is 4.90 Å². The van der Waals surface area contributed by atoms with Crippen molar-refractivity contribution in [2.45, 2.75) is 30.0 Å². The summed E-state index contributed by atoms with van der Waals surface area (Å²) in [7, 11) is 1.75. The molecule has 1 aliphatic rings. The number of piperidine rings is 1. The van der Waals surface area contributed by atoms with E-state index < -0.39 is 0 Å². The zero-order valence-electron chi connectivity index (χ0n) is 10.9. The zero-order chi connectivity index (χ0) is 13.0. The first kappa shape index (κ1) is 13.6. The van der Waals surface area contributed by atoms with Gasteiger partial charge in [-0.15, -0.1) is 11.8 Å². The van der Waals surface area contributed by atoms with E-state index in [2.05, 4.69) is 16.0 Å². The van der Waals surface area contributed by atoms with E-state index in [0.717, 1.165) is 30.1 Å². The number of anilines is 1. The average molecular weight is 268 g/mol. The van der Waals surface area contributed by atoms with Crippen molar-refractivity contribution in [1.29, 1.82) is 0 Å². The van der Waals surface area contributed by atoms with Crippen LogP contribution in [0.4, 0.5) is 5.69 Å². The van der Waals surface area contributed by atoms with E-state index in [1.165, 1.54) is 0 Å². The van der Waals surface area contributed by atoms with E-state index in [9.17, 15) is 5.11 Å². The number of nitrogens with zero attached hydrogens (tertiary/aromatic N) is 2. The van der Waals surface area contributed by atoms with Crippen LogP contribution >= 0.6 is 11.8 Å². The van der Waals surface area contributed by atoms with Gasteiger partial charge in [0.15, 0.2) is 0 Å². The molecule has 1 aromatic rings. The van der Waals surface area contributed by atoms with Gasteiger partial charge in [-0.3, -0.25) is 0 Å². The van der Waals surface area contributed by atoms with E-state index in [0.29, 0.717) is 0 Å². The molecule has 2 unspecified atom stereocenters. The van der Waals surface area contributed by atoms with Crippen molar-refractivity contribution >= 4 is 17.4 Å². The minimum Gasteiger partial charge on any atom is -0.394 e. The molecule has 5 heteroatoms. The van der Waals surface area contributed by atoms with Crippen molar-refractivity contribution in [1.82, 2.24) is 4.98 Å². The summed E-state index contributed by atoms with van der Waals surface area (Å²) in [6, 6.07) is 4.27. The molecule has 4 nitrogen and oxygen atoms in total. The van der Waals surface area contributed by atoms with Gasteiger partial charge in [0, 0.05) is 13.7 Å². The molecule has 1 aromatic heterocycles. The highest BCUT2D eigenvalue weighted by molar-refractivity contribution is 7.98. The molecule has 1 aliphatic heterocycles. The molecule has 100 valence electrons. The van der Waals surface area contributed by atoms with Gasteiger partial charge in [-0.2, -0.15) is 0 Å². The van der Waals surface area contributed by atoms with Gasteiger partial charge in [-0.05, 0) is 31.2 Å². The molecular weight excluding hydrogens is 248 g/mol. The van der Waals surface area contributed by atoms with Gasteiger partial charge in [0.05, 0.1) is 35.7 Å². The Bertz CT molecular complexity index is 372. The second-order valence-electron chi connectivity index (χ2n) is 4.48. The Morgan fingerprint density at radius 3 is 2.89 bits per heavy atom. The summed E-state index contributed by atoms with van der Waals surface area (Å²) < 4.78 is 5.43. The third kappa shape index (κ3) is 2.96. The number of methoxy groups -OCH3 is 1. The lowest BCUT2D eigenvalue weighted by molar-refractivity contribution is 0.0744. The SMILES string of the molecule is COC1CCC(CO)N(c2ccc(SC)nc2)C1. The molecule has 1 N–H and O–H groups in total. The van der Waals surface area contributed by atoms with Crippen LogP contribution in [0.2, 0.25) is 0 Å². The van der Waals surface area contributed by atoms with Gasteiger partial charge in [-0.1, -0.05) is 0 Å². The molecule has 1 saturated heterocycles. The van der Waals surface area contributed by atoms with Gasteiger partial charge in [0.25, 0.3) is 0 Å². The molecule has 0 radical (unpaired) electrons. The fourth-order valence-electron chi connectivity index (χ4n) is 2.36. The number of aliphatic hydroxyl groups excluding tert-OH is 1. The van der Waals surface area contributed by atoms with Gasteiger partial charge in [0.2, 0.25) is 0 Å². The number of aliphatic hydroxyl groups is 1. The fraction of sp³-hybridized carbons (Fsp3) is 0.615. The smallest absolute Gasteiger partial charge is 0.0958 e. The van der Waals surface area contributed by atoms with E-state index in [1.807, 2.05) is 18.5 Å². The maximum absolute atomic E-state index is 9.48. The molecule has 1 fully saturated rings. The Hall–Kier alpha value is -0.780. The highest BCUT2D eigenvalue weighted by atomic mass is 32.2. The van der Waals surface area contributed by atoms with E-state index in [1.54, 1.807) is 18.9 Å². The predicted octanol–water partition coefficient (Wildman–Crippen LogP) is 1.78. The zero-order valence-corrected chi connectivity index (χ0v) is 11.7. The standard InChI is InChI=1S/C13H20N2O2S/c1-17-12-5-3-11(9-16)15(8-12)10-4-6-13(18-2)14-7-10/h4,6-7,11-12,16H,3,5,8-9H2,1-2H3. The van der Waals surface area contributed by atoms with E-state index in [-0.39, 0.29) is 18.8 Å². The first-order valence-corrected chi connectivity index (χ1v) is 7.41. The van der Waals surface area contributed by atoms with Crippen LogP contribution in [0, 0.1) is 0 Å². The number of aromatic nitrogens is 1. The summed E-state index contributed by atoms with van der Waals surface area (Å²) in [5, 5.41) is 10.5. The average Bonchev–Trinajstić information content (AvgIpc) is 2.46. The van der Waals surface area contributed by atoms with Crippen LogP contribution in [0.3, 0.4) is 0 Å².